The Labute approximate surface area is 145 Å². The molecule has 3 aromatic rings. The summed E-state index contributed by atoms with van der Waals surface area (Å²) < 4.78 is 5.65. The summed E-state index contributed by atoms with van der Waals surface area (Å²) in [5, 5.41) is 4.38. The summed E-state index contributed by atoms with van der Waals surface area (Å²) in [7, 11) is 0. The Morgan fingerprint density at radius 3 is 2.83 bits per heavy atom. The highest BCUT2D eigenvalue weighted by molar-refractivity contribution is 6.30. The second-order valence-electron chi connectivity index (χ2n) is 5.54. The fourth-order valence-electron chi connectivity index (χ4n) is 2.46. The number of amides is 1. The number of pyridine rings is 1. The van der Waals surface area contributed by atoms with Gasteiger partial charge in [-0.15, -0.1) is 0 Å². The van der Waals surface area contributed by atoms with Crippen LogP contribution in [0, 0.1) is 6.92 Å². The van der Waals surface area contributed by atoms with E-state index in [4.69, 9.17) is 16.3 Å². The quantitative estimate of drug-likeness (QED) is 0.755. The number of hydrogen-bond donors (Lipinski definition) is 1. The highest BCUT2D eigenvalue weighted by atomic mass is 35.5. The molecule has 5 heteroatoms. The molecule has 1 atom stereocenters. The third-order valence-electron chi connectivity index (χ3n) is 3.71. The Hall–Kier alpha value is -2.59. The van der Waals surface area contributed by atoms with Crippen molar-refractivity contribution in [1.29, 1.82) is 0 Å². The molecule has 0 unspecified atom stereocenters. The van der Waals surface area contributed by atoms with E-state index >= 15 is 0 Å². The highest BCUT2D eigenvalue weighted by Gasteiger charge is 2.16. The number of anilines is 1. The lowest BCUT2D eigenvalue weighted by atomic mass is 10.1. The first kappa shape index (κ1) is 16.3. The van der Waals surface area contributed by atoms with E-state index in [1.165, 1.54) is 0 Å². The number of aryl methyl sites for hydroxylation is 1. The normalized spacial score (nSPS) is 12.0. The van der Waals surface area contributed by atoms with Crippen LogP contribution in [0.2, 0.25) is 5.02 Å². The van der Waals surface area contributed by atoms with Crippen molar-refractivity contribution in [2.75, 3.05) is 5.32 Å². The van der Waals surface area contributed by atoms with Crippen molar-refractivity contribution >= 4 is 34.1 Å². The number of hydrogen-bond acceptors (Lipinski definition) is 3. The highest BCUT2D eigenvalue weighted by Crippen LogP contribution is 2.25. The van der Waals surface area contributed by atoms with Gasteiger partial charge in [0.2, 0.25) is 0 Å². The molecule has 4 nitrogen and oxygen atoms in total. The molecule has 2 aromatic carbocycles. The number of nitrogens with zero attached hydrogens (tertiary/aromatic N) is 1. The van der Waals surface area contributed by atoms with E-state index in [1.807, 2.05) is 31.2 Å². The molecule has 1 aromatic heterocycles. The van der Waals surface area contributed by atoms with E-state index in [-0.39, 0.29) is 5.91 Å². The molecular weight excluding hydrogens is 324 g/mol. The molecule has 0 spiro atoms. The second-order valence-corrected chi connectivity index (χ2v) is 5.97. The Morgan fingerprint density at radius 2 is 2.04 bits per heavy atom. The van der Waals surface area contributed by atoms with Crippen LogP contribution < -0.4 is 10.1 Å². The van der Waals surface area contributed by atoms with Crippen LogP contribution in [0.4, 0.5) is 5.69 Å². The second kappa shape index (κ2) is 6.89. The van der Waals surface area contributed by atoms with Crippen molar-refractivity contribution < 1.29 is 9.53 Å². The van der Waals surface area contributed by atoms with Gasteiger partial charge in [0, 0.05) is 16.6 Å². The molecule has 0 aliphatic rings. The summed E-state index contributed by atoms with van der Waals surface area (Å²) in [4.78, 5) is 16.8. The zero-order chi connectivity index (χ0) is 17.1. The molecule has 24 heavy (non-hydrogen) atoms. The van der Waals surface area contributed by atoms with Crippen molar-refractivity contribution in [2.24, 2.45) is 0 Å². The van der Waals surface area contributed by atoms with Crippen LogP contribution in [0.25, 0.3) is 10.9 Å². The minimum atomic E-state index is -0.656. The molecule has 0 bridgehead atoms. The van der Waals surface area contributed by atoms with Crippen molar-refractivity contribution in [1.82, 2.24) is 4.98 Å². The zero-order valence-corrected chi connectivity index (χ0v) is 14.2. The topological polar surface area (TPSA) is 51.2 Å². The number of nitrogens with one attached hydrogen (secondary N) is 1. The maximum atomic E-state index is 12.4. The predicted octanol–water partition coefficient (Wildman–Crippen LogP) is 4.60. The molecular formula is C19H17ClN2O2. The van der Waals surface area contributed by atoms with Crippen LogP contribution >= 0.6 is 11.6 Å². The number of carbonyl (C=O) groups excluding carboxylic acids is 1. The summed E-state index contributed by atoms with van der Waals surface area (Å²) in [5.41, 5.74) is 2.65. The lowest BCUT2D eigenvalue weighted by molar-refractivity contribution is -0.122. The molecule has 1 heterocycles. The van der Waals surface area contributed by atoms with Crippen LogP contribution in [0.15, 0.2) is 54.7 Å². The average Bonchev–Trinajstić information content (AvgIpc) is 2.57. The number of benzene rings is 2. The third kappa shape index (κ3) is 3.49. The summed E-state index contributed by atoms with van der Waals surface area (Å²) in [5.74, 6) is 0.324. The predicted molar refractivity (Wildman–Crippen MR) is 96.7 cm³/mol. The van der Waals surface area contributed by atoms with E-state index in [2.05, 4.69) is 10.3 Å². The smallest absolute Gasteiger partial charge is 0.265 e. The number of carbonyl (C=O) groups is 1. The first-order valence-corrected chi connectivity index (χ1v) is 8.00. The SMILES string of the molecule is Cc1ccc(NC(=O)[C@@H](C)Oc2cccc(Cl)c2)c2cccnc12. The minimum Gasteiger partial charge on any atom is -0.481 e. The van der Waals surface area contributed by atoms with Gasteiger partial charge < -0.3 is 10.1 Å². The molecule has 0 saturated carbocycles. The van der Waals surface area contributed by atoms with Gasteiger partial charge in [-0.2, -0.15) is 0 Å². The average molecular weight is 341 g/mol. The molecule has 0 radical (unpaired) electrons. The van der Waals surface area contributed by atoms with Crippen LogP contribution in [-0.4, -0.2) is 17.0 Å². The largest absolute Gasteiger partial charge is 0.481 e. The fraction of sp³-hybridized carbons (Fsp3) is 0.158. The first-order chi connectivity index (χ1) is 11.5. The standard InChI is InChI=1S/C19H17ClN2O2/c1-12-8-9-17(16-7-4-10-21-18(12)16)22-19(23)13(2)24-15-6-3-5-14(20)11-15/h3-11,13H,1-2H3,(H,22,23)/t13-/m1/s1. The molecule has 0 aliphatic heterocycles. The van der Waals surface area contributed by atoms with Crippen molar-refractivity contribution in [2.45, 2.75) is 20.0 Å². The van der Waals surface area contributed by atoms with Gasteiger partial charge in [0.05, 0.1) is 11.2 Å². The maximum absolute atomic E-state index is 12.4. The summed E-state index contributed by atoms with van der Waals surface area (Å²) in [6, 6.07) is 14.6. The fourth-order valence-corrected chi connectivity index (χ4v) is 2.64. The Kier molecular flexibility index (Phi) is 4.67. The Balaban J connectivity index is 1.78. The van der Waals surface area contributed by atoms with Crippen LogP contribution in [-0.2, 0) is 4.79 Å². The van der Waals surface area contributed by atoms with E-state index in [1.54, 1.807) is 37.4 Å². The molecule has 0 saturated heterocycles. The van der Waals surface area contributed by atoms with Crippen LogP contribution in [0.1, 0.15) is 12.5 Å². The number of ether oxygens (including phenoxy) is 1. The number of fused-ring (bicyclic) bond motifs is 1. The number of aromatic nitrogens is 1. The van der Waals surface area contributed by atoms with Crippen LogP contribution in [0.3, 0.4) is 0 Å². The van der Waals surface area contributed by atoms with Gasteiger partial charge in [-0.25, -0.2) is 0 Å². The monoisotopic (exact) mass is 340 g/mol. The van der Waals surface area contributed by atoms with Gasteiger partial charge in [-0.05, 0) is 55.8 Å². The molecule has 122 valence electrons. The lowest BCUT2D eigenvalue weighted by Crippen LogP contribution is -2.30. The molecule has 3 rings (SSSR count). The van der Waals surface area contributed by atoms with Gasteiger partial charge in [0.1, 0.15) is 5.75 Å². The molecule has 1 amide bonds. The van der Waals surface area contributed by atoms with Gasteiger partial charge in [-0.1, -0.05) is 23.7 Å². The number of halogens is 1. The molecule has 0 fully saturated rings. The van der Waals surface area contributed by atoms with Crippen molar-refractivity contribution in [3.63, 3.8) is 0 Å². The summed E-state index contributed by atoms with van der Waals surface area (Å²) in [6.07, 6.45) is 1.09. The van der Waals surface area contributed by atoms with Gasteiger partial charge in [-0.3, -0.25) is 9.78 Å². The van der Waals surface area contributed by atoms with Crippen molar-refractivity contribution in [3.8, 4) is 5.75 Å². The molecule has 0 aliphatic carbocycles. The Morgan fingerprint density at radius 1 is 1.21 bits per heavy atom. The summed E-state index contributed by atoms with van der Waals surface area (Å²) >= 11 is 5.93. The first-order valence-electron chi connectivity index (χ1n) is 7.62. The van der Waals surface area contributed by atoms with E-state index in [0.29, 0.717) is 10.8 Å². The summed E-state index contributed by atoms with van der Waals surface area (Å²) in [6.45, 7) is 3.69. The third-order valence-corrected chi connectivity index (χ3v) is 3.94. The van der Waals surface area contributed by atoms with E-state index in [0.717, 1.165) is 22.2 Å². The van der Waals surface area contributed by atoms with Gasteiger partial charge >= 0.3 is 0 Å². The van der Waals surface area contributed by atoms with E-state index in [9.17, 15) is 4.79 Å². The number of rotatable bonds is 4. The van der Waals surface area contributed by atoms with Crippen LogP contribution in [0.5, 0.6) is 5.75 Å². The zero-order valence-electron chi connectivity index (χ0n) is 13.4. The van der Waals surface area contributed by atoms with Gasteiger partial charge in [0.25, 0.3) is 5.91 Å². The maximum Gasteiger partial charge on any atom is 0.265 e. The lowest BCUT2D eigenvalue weighted by Gasteiger charge is -2.16. The Bertz CT molecular complexity index is 895. The van der Waals surface area contributed by atoms with Crippen molar-refractivity contribution in [3.05, 3.63) is 65.3 Å². The minimum absolute atomic E-state index is 0.232. The van der Waals surface area contributed by atoms with Gasteiger partial charge in [0.15, 0.2) is 6.10 Å². The van der Waals surface area contributed by atoms with E-state index < -0.39 is 6.10 Å². The molecule has 1 N–H and O–H groups in total.